The molecule has 98 valence electrons. The van der Waals surface area contributed by atoms with E-state index >= 15 is 0 Å². The molecule has 0 atom stereocenters. The van der Waals surface area contributed by atoms with Crippen molar-refractivity contribution in [2.45, 2.75) is 27.3 Å². The van der Waals surface area contributed by atoms with Gasteiger partial charge in [-0.25, -0.2) is 0 Å². The normalized spacial score (nSPS) is 11.7. The smallest absolute Gasteiger partial charge is 0.0593 e. The molecule has 1 aromatic rings. The largest absolute Gasteiger partial charge is 0.380 e. The molecule has 17 heavy (non-hydrogen) atoms. The molecule has 0 fully saturated rings. The lowest BCUT2D eigenvalue weighted by atomic mass is 10.2. The molecule has 0 N–H and O–H groups in total. The second-order valence-corrected chi connectivity index (χ2v) is 5.09. The topological polar surface area (TPSA) is 30.3 Å². The fraction of sp³-hybridized carbons (Fsp3) is 0.769. The lowest BCUT2D eigenvalue weighted by molar-refractivity contribution is 0.0901. The Hall–Kier alpha value is -0.870. The Labute approximate surface area is 105 Å². The molecule has 0 unspecified atom stereocenters. The summed E-state index contributed by atoms with van der Waals surface area (Å²) in [6.45, 7) is 9.98. The van der Waals surface area contributed by atoms with E-state index in [9.17, 15) is 0 Å². The van der Waals surface area contributed by atoms with Crippen LogP contribution >= 0.6 is 0 Å². The number of aromatic nitrogens is 2. The molecular formula is C13H25N3O. The minimum atomic E-state index is 0.612. The molecule has 0 aliphatic rings. The maximum Gasteiger partial charge on any atom is 0.0593 e. The first kappa shape index (κ1) is 14.2. The molecule has 0 radical (unpaired) electrons. The SMILES string of the molecule is Cc1c(CN(C)CCOCC(C)C)cnn1C. The summed E-state index contributed by atoms with van der Waals surface area (Å²) >= 11 is 0. The van der Waals surface area contributed by atoms with E-state index in [1.165, 1.54) is 11.3 Å². The molecule has 0 bridgehead atoms. The number of hydrogen-bond donors (Lipinski definition) is 0. The molecule has 1 aromatic heterocycles. The van der Waals surface area contributed by atoms with Crippen molar-refractivity contribution in [3.8, 4) is 0 Å². The zero-order valence-corrected chi connectivity index (χ0v) is 11.7. The first-order valence-corrected chi connectivity index (χ1v) is 6.24. The number of ether oxygens (including phenoxy) is 1. The molecule has 1 heterocycles. The van der Waals surface area contributed by atoms with Gasteiger partial charge >= 0.3 is 0 Å². The zero-order valence-electron chi connectivity index (χ0n) is 11.7. The molecule has 0 aromatic carbocycles. The van der Waals surface area contributed by atoms with Gasteiger partial charge in [0, 0.05) is 38.0 Å². The summed E-state index contributed by atoms with van der Waals surface area (Å²) < 4.78 is 7.49. The van der Waals surface area contributed by atoms with Crippen molar-refractivity contribution in [2.75, 3.05) is 26.8 Å². The van der Waals surface area contributed by atoms with E-state index < -0.39 is 0 Å². The molecular weight excluding hydrogens is 214 g/mol. The highest BCUT2D eigenvalue weighted by molar-refractivity contribution is 5.15. The van der Waals surface area contributed by atoms with E-state index in [1.54, 1.807) is 0 Å². The molecule has 0 aliphatic carbocycles. The molecule has 0 saturated heterocycles. The monoisotopic (exact) mass is 239 g/mol. The van der Waals surface area contributed by atoms with Gasteiger partial charge in [0.2, 0.25) is 0 Å². The highest BCUT2D eigenvalue weighted by atomic mass is 16.5. The van der Waals surface area contributed by atoms with Gasteiger partial charge in [0.05, 0.1) is 12.8 Å². The van der Waals surface area contributed by atoms with Crippen molar-refractivity contribution in [3.05, 3.63) is 17.5 Å². The molecule has 4 heteroatoms. The fourth-order valence-corrected chi connectivity index (χ4v) is 1.61. The lowest BCUT2D eigenvalue weighted by Crippen LogP contribution is -2.23. The third-order valence-corrected chi connectivity index (χ3v) is 2.85. The summed E-state index contributed by atoms with van der Waals surface area (Å²) in [6.07, 6.45) is 1.95. The van der Waals surface area contributed by atoms with Crippen LogP contribution in [0.4, 0.5) is 0 Å². The Morgan fingerprint density at radius 1 is 1.47 bits per heavy atom. The van der Waals surface area contributed by atoms with Crippen molar-refractivity contribution in [3.63, 3.8) is 0 Å². The van der Waals surface area contributed by atoms with Crippen LogP contribution in [0.2, 0.25) is 0 Å². The van der Waals surface area contributed by atoms with Crippen molar-refractivity contribution in [2.24, 2.45) is 13.0 Å². The minimum absolute atomic E-state index is 0.612. The maximum absolute atomic E-state index is 5.58. The molecule has 0 aliphatic heterocycles. The average molecular weight is 239 g/mol. The number of nitrogens with zero attached hydrogens (tertiary/aromatic N) is 3. The fourth-order valence-electron chi connectivity index (χ4n) is 1.61. The molecule has 0 spiro atoms. The van der Waals surface area contributed by atoms with Crippen molar-refractivity contribution >= 4 is 0 Å². The van der Waals surface area contributed by atoms with Gasteiger partial charge in [-0.15, -0.1) is 0 Å². The van der Waals surface area contributed by atoms with Crippen LogP contribution in [0.3, 0.4) is 0 Å². The predicted octanol–water partition coefficient (Wildman–Crippen LogP) is 1.83. The summed E-state index contributed by atoms with van der Waals surface area (Å²) in [6, 6.07) is 0. The summed E-state index contributed by atoms with van der Waals surface area (Å²) in [4.78, 5) is 2.27. The first-order chi connectivity index (χ1) is 8.00. The number of likely N-dealkylation sites (N-methyl/N-ethyl adjacent to an activating group) is 1. The Balaban J connectivity index is 2.25. The van der Waals surface area contributed by atoms with Crippen molar-refractivity contribution in [1.29, 1.82) is 0 Å². The Morgan fingerprint density at radius 2 is 2.18 bits per heavy atom. The van der Waals surface area contributed by atoms with Crippen LogP contribution in [-0.2, 0) is 18.3 Å². The summed E-state index contributed by atoms with van der Waals surface area (Å²) in [5.74, 6) is 0.612. The standard InChI is InChI=1S/C13H25N3O/c1-11(2)10-17-7-6-15(4)9-13-8-14-16(5)12(13)3/h8,11H,6-7,9-10H2,1-5H3. The number of hydrogen-bond acceptors (Lipinski definition) is 3. The quantitative estimate of drug-likeness (QED) is 0.680. The van der Waals surface area contributed by atoms with Crippen molar-refractivity contribution in [1.82, 2.24) is 14.7 Å². The summed E-state index contributed by atoms with van der Waals surface area (Å²) in [5.41, 5.74) is 2.53. The lowest BCUT2D eigenvalue weighted by Gasteiger charge is -2.16. The van der Waals surface area contributed by atoms with Crippen LogP contribution < -0.4 is 0 Å². The van der Waals surface area contributed by atoms with Crippen LogP contribution in [0.25, 0.3) is 0 Å². The van der Waals surface area contributed by atoms with Crippen LogP contribution in [0.5, 0.6) is 0 Å². The van der Waals surface area contributed by atoms with Gasteiger partial charge in [-0.2, -0.15) is 5.10 Å². The molecule has 1 rings (SSSR count). The zero-order chi connectivity index (χ0) is 12.8. The highest BCUT2D eigenvalue weighted by Gasteiger charge is 2.06. The third kappa shape index (κ3) is 4.88. The first-order valence-electron chi connectivity index (χ1n) is 6.24. The Bertz CT molecular complexity index is 333. The van der Waals surface area contributed by atoms with Crippen molar-refractivity contribution < 1.29 is 4.74 Å². The molecule has 0 amide bonds. The minimum Gasteiger partial charge on any atom is -0.380 e. The van der Waals surface area contributed by atoms with E-state index in [2.05, 4.69) is 37.8 Å². The van der Waals surface area contributed by atoms with Gasteiger partial charge in [0.25, 0.3) is 0 Å². The predicted molar refractivity (Wildman–Crippen MR) is 69.9 cm³/mol. The second-order valence-electron chi connectivity index (χ2n) is 5.09. The van der Waals surface area contributed by atoms with Crippen LogP contribution in [0.15, 0.2) is 6.20 Å². The van der Waals surface area contributed by atoms with E-state index in [4.69, 9.17) is 4.74 Å². The Kier molecular flexibility index (Phi) is 5.65. The molecule has 0 saturated carbocycles. The van der Waals surface area contributed by atoms with Gasteiger partial charge in [0.1, 0.15) is 0 Å². The van der Waals surface area contributed by atoms with Crippen LogP contribution in [0, 0.1) is 12.8 Å². The van der Waals surface area contributed by atoms with E-state index in [-0.39, 0.29) is 0 Å². The second kappa shape index (κ2) is 6.77. The van der Waals surface area contributed by atoms with E-state index in [0.29, 0.717) is 5.92 Å². The van der Waals surface area contributed by atoms with Crippen LogP contribution in [0.1, 0.15) is 25.1 Å². The van der Waals surface area contributed by atoms with Gasteiger partial charge < -0.3 is 4.74 Å². The van der Waals surface area contributed by atoms with E-state index in [0.717, 1.165) is 26.3 Å². The maximum atomic E-state index is 5.58. The van der Waals surface area contributed by atoms with E-state index in [1.807, 2.05) is 17.9 Å². The summed E-state index contributed by atoms with van der Waals surface area (Å²) in [7, 11) is 4.09. The number of rotatable bonds is 7. The van der Waals surface area contributed by atoms with Gasteiger partial charge in [0.15, 0.2) is 0 Å². The Morgan fingerprint density at radius 3 is 2.71 bits per heavy atom. The average Bonchev–Trinajstić information content (AvgIpc) is 2.56. The highest BCUT2D eigenvalue weighted by Crippen LogP contribution is 2.08. The molecule has 4 nitrogen and oxygen atoms in total. The third-order valence-electron chi connectivity index (χ3n) is 2.85. The van der Waals surface area contributed by atoms with Gasteiger partial charge in [-0.3, -0.25) is 9.58 Å². The summed E-state index contributed by atoms with van der Waals surface area (Å²) in [5, 5.41) is 4.25. The van der Waals surface area contributed by atoms with Gasteiger partial charge in [-0.05, 0) is 19.9 Å². The van der Waals surface area contributed by atoms with Gasteiger partial charge in [-0.1, -0.05) is 13.8 Å². The number of aryl methyl sites for hydroxylation is 1. The van der Waals surface area contributed by atoms with Crippen LogP contribution in [-0.4, -0.2) is 41.5 Å².